The smallest absolute Gasteiger partial charge is 0.0864 e. The summed E-state index contributed by atoms with van der Waals surface area (Å²) in [6.07, 6.45) is 1.55. The normalized spacial score (nSPS) is 36.1. The average Bonchev–Trinajstić information content (AvgIpc) is 2.10. The lowest BCUT2D eigenvalue weighted by molar-refractivity contribution is -0.196. The summed E-state index contributed by atoms with van der Waals surface area (Å²) in [6.45, 7) is 9.85. The van der Waals surface area contributed by atoms with Gasteiger partial charge in [-0.05, 0) is 11.8 Å². The molecule has 0 saturated carbocycles. The van der Waals surface area contributed by atoms with Crippen LogP contribution in [0.1, 0.15) is 13.8 Å². The van der Waals surface area contributed by atoms with Crippen LogP contribution in [0, 0.1) is 11.8 Å². The third kappa shape index (κ3) is 2.79. The van der Waals surface area contributed by atoms with E-state index in [2.05, 4.69) is 6.58 Å². The molecule has 3 heteroatoms. The Morgan fingerprint density at radius 1 is 1.46 bits per heavy atom. The lowest BCUT2D eigenvalue weighted by Gasteiger charge is -2.37. The van der Waals surface area contributed by atoms with Gasteiger partial charge in [-0.25, -0.2) is 0 Å². The first-order valence-corrected chi connectivity index (χ1v) is 4.82. The second-order valence-electron chi connectivity index (χ2n) is 3.88. The van der Waals surface area contributed by atoms with Crippen LogP contribution in [0.2, 0.25) is 0 Å². The van der Waals surface area contributed by atoms with Gasteiger partial charge in [0.05, 0.1) is 12.7 Å². The highest BCUT2D eigenvalue weighted by molar-refractivity contribution is 4.79. The fourth-order valence-corrected chi connectivity index (χ4v) is 1.76. The fourth-order valence-electron chi connectivity index (χ4n) is 1.76. The quantitative estimate of drug-likeness (QED) is 0.667. The summed E-state index contributed by atoms with van der Waals surface area (Å²) < 4.78 is 0. The molecule has 1 aliphatic heterocycles. The van der Waals surface area contributed by atoms with Gasteiger partial charge in [-0.1, -0.05) is 19.9 Å². The molecular weight excluding hydrogens is 166 g/mol. The van der Waals surface area contributed by atoms with Crippen molar-refractivity contribution in [1.29, 1.82) is 0 Å². The van der Waals surface area contributed by atoms with Crippen molar-refractivity contribution in [3.05, 3.63) is 12.7 Å². The molecule has 0 aromatic carbocycles. The van der Waals surface area contributed by atoms with Gasteiger partial charge in [0.25, 0.3) is 0 Å². The maximum absolute atomic E-state index is 9.69. The van der Waals surface area contributed by atoms with Crippen LogP contribution in [0.5, 0.6) is 0 Å². The number of nitrogens with zero attached hydrogens (tertiary/aromatic N) is 1. The van der Waals surface area contributed by atoms with E-state index < -0.39 is 0 Å². The Balaban J connectivity index is 2.39. The molecule has 1 N–H and O–H groups in total. The van der Waals surface area contributed by atoms with Crippen molar-refractivity contribution in [1.82, 2.24) is 5.06 Å². The van der Waals surface area contributed by atoms with Crippen LogP contribution in [0.3, 0.4) is 0 Å². The van der Waals surface area contributed by atoms with Crippen LogP contribution < -0.4 is 0 Å². The van der Waals surface area contributed by atoms with Crippen LogP contribution >= 0.6 is 0 Å². The first-order chi connectivity index (χ1) is 6.15. The number of aliphatic hydroxyl groups excluding tert-OH is 1. The molecule has 2 atom stereocenters. The summed E-state index contributed by atoms with van der Waals surface area (Å²) in [5, 5.41) is 11.6. The molecule has 0 aliphatic carbocycles. The van der Waals surface area contributed by atoms with Gasteiger partial charge < -0.3 is 5.11 Å². The van der Waals surface area contributed by atoms with Crippen LogP contribution in [0.4, 0.5) is 0 Å². The van der Waals surface area contributed by atoms with Gasteiger partial charge in [0, 0.05) is 13.1 Å². The summed E-state index contributed by atoms with van der Waals surface area (Å²) >= 11 is 0. The average molecular weight is 185 g/mol. The second kappa shape index (κ2) is 4.74. The Morgan fingerprint density at radius 3 is 2.46 bits per heavy atom. The highest BCUT2D eigenvalue weighted by Gasteiger charge is 2.30. The highest BCUT2D eigenvalue weighted by Crippen LogP contribution is 2.21. The molecule has 1 aliphatic rings. The predicted molar refractivity (Wildman–Crippen MR) is 52.1 cm³/mol. The zero-order valence-corrected chi connectivity index (χ0v) is 8.44. The number of piperidine rings is 1. The molecule has 0 bridgehead atoms. The van der Waals surface area contributed by atoms with E-state index in [1.54, 1.807) is 6.08 Å². The molecule has 1 fully saturated rings. The predicted octanol–water partition coefficient (Wildman–Crippen LogP) is 1.05. The summed E-state index contributed by atoms with van der Waals surface area (Å²) in [6, 6.07) is 0. The molecule has 1 rings (SSSR count). The van der Waals surface area contributed by atoms with Gasteiger partial charge in [-0.3, -0.25) is 4.84 Å². The molecule has 0 amide bonds. The van der Waals surface area contributed by atoms with E-state index in [4.69, 9.17) is 4.84 Å². The van der Waals surface area contributed by atoms with Crippen molar-refractivity contribution in [3.63, 3.8) is 0 Å². The zero-order chi connectivity index (χ0) is 9.84. The first-order valence-electron chi connectivity index (χ1n) is 4.82. The van der Waals surface area contributed by atoms with Gasteiger partial charge in [0.15, 0.2) is 0 Å². The minimum Gasteiger partial charge on any atom is -0.392 e. The summed E-state index contributed by atoms with van der Waals surface area (Å²) in [5.74, 6) is 0.571. The highest BCUT2D eigenvalue weighted by atomic mass is 16.7. The van der Waals surface area contributed by atoms with Gasteiger partial charge >= 0.3 is 0 Å². The van der Waals surface area contributed by atoms with Crippen molar-refractivity contribution < 1.29 is 9.94 Å². The summed E-state index contributed by atoms with van der Waals surface area (Å²) in [5.41, 5.74) is 0. The van der Waals surface area contributed by atoms with Crippen LogP contribution in [0.15, 0.2) is 12.7 Å². The lowest BCUT2D eigenvalue weighted by atomic mass is 9.89. The van der Waals surface area contributed by atoms with Gasteiger partial charge in [-0.15, -0.1) is 6.58 Å². The minimum atomic E-state index is -0.191. The molecule has 76 valence electrons. The number of hydrogen-bond donors (Lipinski definition) is 1. The van der Waals surface area contributed by atoms with Crippen molar-refractivity contribution in [2.24, 2.45) is 11.8 Å². The van der Waals surface area contributed by atoms with Crippen LogP contribution in [0.25, 0.3) is 0 Å². The summed E-state index contributed by atoms with van der Waals surface area (Å²) in [4.78, 5) is 5.43. The SMILES string of the molecule is C=CCON1CC(C)C(O)C(C)C1. The largest absolute Gasteiger partial charge is 0.392 e. The maximum Gasteiger partial charge on any atom is 0.0864 e. The van der Waals surface area contributed by atoms with Gasteiger partial charge in [0.2, 0.25) is 0 Å². The Bertz CT molecular complexity index is 160. The molecular formula is C10H19NO2. The Morgan fingerprint density at radius 2 is 2.00 bits per heavy atom. The lowest BCUT2D eigenvalue weighted by Crippen LogP contribution is -2.47. The van der Waals surface area contributed by atoms with Gasteiger partial charge in [-0.2, -0.15) is 5.06 Å². The molecule has 0 aromatic rings. The van der Waals surface area contributed by atoms with Gasteiger partial charge in [0.1, 0.15) is 0 Å². The molecule has 0 spiro atoms. The van der Waals surface area contributed by atoms with Crippen LogP contribution in [-0.4, -0.2) is 36.0 Å². The topological polar surface area (TPSA) is 32.7 Å². The van der Waals surface area contributed by atoms with Crippen molar-refractivity contribution in [2.75, 3.05) is 19.7 Å². The Labute approximate surface area is 79.9 Å². The third-order valence-electron chi connectivity index (χ3n) is 2.52. The number of aliphatic hydroxyl groups is 1. The molecule has 2 unspecified atom stereocenters. The maximum atomic E-state index is 9.69. The zero-order valence-electron chi connectivity index (χ0n) is 8.44. The van der Waals surface area contributed by atoms with Crippen molar-refractivity contribution in [3.8, 4) is 0 Å². The molecule has 0 radical (unpaired) electrons. The molecule has 1 heterocycles. The number of hydrogen-bond acceptors (Lipinski definition) is 3. The van der Waals surface area contributed by atoms with Crippen LogP contribution in [-0.2, 0) is 4.84 Å². The fraction of sp³-hybridized carbons (Fsp3) is 0.800. The number of hydroxylamine groups is 2. The van der Waals surface area contributed by atoms with Crippen molar-refractivity contribution in [2.45, 2.75) is 20.0 Å². The van der Waals surface area contributed by atoms with E-state index in [-0.39, 0.29) is 17.9 Å². The minimum absolute atomic E-state index is 0.191. The molecule has 0 aromatic heterocycles. The van der Waals surface area contributed by atoms with E-state index in [1.165, 1.54) is 0 Å². The van der Waals surface area contributed by atoms with E-state index in [9.17, 15) is 5.11 Å². The Kier molecular flexibility index (Phi) is 3.90. The first kappa shape index (κ1) is 10.7. The van der Waals surface area contributed by atoms with E-state index in [1.807, 2.05) is 18.9 Å². The van der Waals surface area contributed by atoms with Crippen molar-refractivity contribution >= 4 is 0 Å². The van der Waals surface area contributed by atoms with E-state index in [0.717, 1.165) is 13.1 Å². The Hall–Kier alpha value is -0.380. The van der Waals surface area contributed by atoms with E-state index in [0.29, 0.717) is 6.61 Å². The summed E-state index contributed by atoms with van der Waals surface area (Å²) in [7, 11) is 0. The molecule has 1 saturated heterocycles. The number of rotatable bonds is 3. The molecule has 3 nitrogen and oxygen atoms in total. The van der Waals surface area contributed by atoms with E-state index >= 15 is 0 Å². The standard InChI is InChI=1S/C10H19NO2/c1-4-5-13-11-6-8(2)10(12)9(3)7-11/h4,8-10,12H,1,5-7H2,2-3H3. The third-order valence-corrected chi connectivity index (χ3v) is 2.52. The molecule has 13 heavy (non-hydrogen) atoms. The monoisotopic (exact) mass is 185 g/mol. The second-order valence-corrected chi connectivity index (χ2v) is 3.88.